The van der Waals surface area contributed by atoms with Gasteiger partial charge in [0.05, 0.1) is 17.4 Å². The molecule has 3 rings (SSSR count). The Bertz CT molecular complexity index is 1080. The van der Waals surface area contributed by atoms with E-state index in [0.29, 0.717) is 38.0 Å². The van der Waals surface area contributed by atoms with Crippen LogP contribution in [0.15, 0.2) is 36.5 Å². The van der Waals surface area contributed by atoms with Crippen molar-refractivity contribution in [3.05, 3.63) is 36.5 Å². The van der Waals surface area contributed by atoms with Crippen LogP contribution >= 0.6 is 0 Å². The maximum Gasteiger partial charge on any atom is 0.410 e. The molecular formula is C27H38N4O5. The number of fused-ring (bicyclic) bond motifs is 1. The maximum absolute atomic E-state index is 13.3. The number of hydrogen-bond donors (Lipinski definition) is 2. The van der Waals surface area contributed by atoms with Crippen molar-refractivity contribution in [2.45, 2.75) is 78.0 Å². The molecule has 0 aliphatic carbocycles. The molecule has 3 amide bonds. The van der Waals surface area contributed by atoms with Crippen LogP contribution in [-0.4, -0.2) is 58.3 Å². The van der Waals surface area contributed by atoms with E-state index in [2.05, 4.69) is 15.6 Å². The Morgan fingerprint density at radius 3 is 2.31 bits per heavy atom. The van der Waals surface area contributed by atoms with Crippen molar-refractivity contribution in [2.75, 3.05) is 18.4 Å². The summed E-state index contributed by atoms with van der Waals surface area (Å²) < 4.78 is 10.9. The van der Waals surface area contributed by atoms with Crippen LogP contribution in [0.25, 0.3) is 10.9 Å². The maximum atomic E-state index is 13.3. The molecule has 1 saturated heterocycles. The third kappa shape index (κ3) is 8.39. The highest BCUT2D eigenvalue weighted by atomic mass is 16.6. The number of hydrogen-bond acceptors (Lipinski definition) is 6. The summed E-state index contributed by atoms with van der Waals surface area (Å²) in [7, 11) is 0. The number of aromatic nitrogens is 1. The summed E-state index contributed by atoms with van der Waals surface area (Å²) in [5.41, 5.74) is 0.142. The van der Waals surface area contributed by atoms with E-state index in [4.69, 9.17) is 9.47 Å². The lowest BCUT2D eigenvalue weighted by Crippen LogP contribution is -2.48. The zero-order valence-corrected chi connectivity index (χ0v) is 22.1. The number of piperidine rings is 1. The minimum Gasteiger partial charge on any atom is -0.444 e. The molecule has 9 nitrogen and oxygen atoms in total. The second-order valence-electron chi connectivity index (χ2n) is 11.3. The first-order valence-electron chi connectivity index (χ1n) is 12.4. The van der Waals surface area contributed by atoms with Crippen molar-refractivity contribution >= 4 is 34.7 Å². The molecule has 9 heteroatoms. The highest BCUT2D eigenvalue weighted by molar-refractivity contribution is 5.97. The van der Waals surface area contributed by atoms with Crippen molar-refractivity contribution in [3.8, 4) is 0 Å². The number of carbonyl (C=O) groups is 3. The van der Waals surface area contributed by atoms with Gasteiger partial charge in [-0.2, -0.15) is 0 Å². The van der Waals surface area contributed by atoms with Crippen molar-refractivity contribution in [1.29, 1.82) is 0 Å². The van der Waals surface area contributed by atoms with E-state index in [1.807, 2.05) is 51.1 Å². The number of nitrogens with one attached hydrogen (secondary N) is 2. The molecule has 1 atom stereocenters. The van der Waals surface area contributed by atoms with Gasteiger partial charge in [0.2, 0.25) is 5.91 Å². The number of rotatable bonds is 5. The molecule has 36 heavy (non-hydrogen) atoms. The van der Waals surface area contributed by atoms with E-state index in [9.17, 15) is 14.4 Å². The second kappa shape index (κ2) is 11.1. The number of anilines is 1. The number of benzene rings is 1. The lowest BCUT2D eigenvalue weighted by atomic mass is 9.90. The topological polar surface area (TPSA) is 110 Å². The summed E-state index contributed by atoms with van der Waals surface area (Å²) in [5, 5.41) is 6.54. The zero-order chi connectivity index (χ0) is 26.5. The van der Waals surface area contributed by atoms with E-state index in [1.165, 1.54) is 0 Å². The zero-order valence-electron chi connectivity index (χ0n) is 22.1. The molecule has 2 heterocycles. The lowest BCUT2D eigenvalue weighted by Gasteiger charge is -2.34. The van der Waals surface area contributed by atoms with Gasteiger partial charge in [0.25, 0.3) is 0 Å². The van der Waals surface area contributed by atoms with Crippen LogP contribution in [0.5, 0.6) is 0 Å². The molecule has 0 saturated carbocycles. The molecule has 196 valence electrons. The molecule has 1 aromatic carbocycles. The van der Waals surface area contributed by atoms with Crippen molar-refractivity contribution < 1.29 is 23.9 Å². The molecule has 1 aliphatic rings. The monoisotopic (exact) mass is 498 g/mol. The number of nitrogens with zero attached hydrogens (tertiary/aromatic N) is 2. The number of carbonyl (C=O) groups excluding carboxylic acids is 3. The van der Waals surface area contributed by atoms with Gasteiger partial charge in [0.15, 0.2) is 0 Å². The number of alkyl carbamates (subject to hydrolysis) is 1. The quantitative estimate of drug-likeness (QED) is 0.593. The summed E-state index contributed by atoms with van der Waals surface area (Å²) in [6, 6.07) is 8.69. The Labute approximate surface area is 212 Å². The van der Waals surface area contributed by atoms with Gasteiger partial charge >= 0.3 is 12.2 Å². The van der Waals surface area contributed by atoms with Gasteiger partial charge in [-0.3, -0.25) is 9.78 Å². The summed E-state index contributed by atoms with van der Waals surface area (Å²) in [4.78, 5) is 44.3. The first-order chi connectivity index (χ1) is 16.8. The fourth-order valence-corrected chi connectivity index (χ4v) is 4.06. The summed E-state index contributed by atoms with van der Waals surface area (Å²) >= 11 is 0. The number of para-hydroxylation sites is 1. The molecule has 1 aromatic heterocycles. The number of amides is 3. The summed E-state index contributed by atoms with van der Waals surface area (Å²) in [6.07, 6.45) is 2.46. The Morgan fingerprint density at radius 2 is 1.67 bits per heavy atom. The lowest BCUT2D eigenvalue weighted by molar-refractivity contribution is -0.118. The molecule has 0 bridgehead atoms. The first-order valence-corrected chi connectivity index (χ1v) is 12.4. The number of likely N-dealkylation sites (tertiary alicyclic amines) is 1. The molecule has 0 radical (unpaired) electrons. The predicted molar refractivity (Wildman–Crippen MR) is 139 cm³/mol. The molecular weight excluding hydrogens is 460 g/mol. The van der Waals surface area contributed by atoms with Crippen LogP contribution in [0.1, 0.15) is 60.8 Å². The third-order valence-electron chi connectivity index (χ3n) is 5.70. The van der Waals surface area contributed by atoms with Gasteiger partial charge in [-0.1, -0.05) is 18.2 Å². The van der Waals surface area contributed by atoms with Crippen LogP contribution in [0.2, 0.25) is 0 Å². The van der Waals surface area contributed by atoms with Crippen LogP contribution < -0.4 is 10.6 Å². The Kier molecular flexibility index (Phi) is 8.43. The molecule has 2 N–H and O–H groups in total. The fourth-order valence-electron chi connectivity index (χ4n) is 4.06. The minimum atomic E-state index is -0.801. The highest BCUT2D eigenvalue weighted by Crippen LogP contribution is 2.25. The van der Waals surface area contributed by atoms with Gasteiger partial charge < -0.3 is 25.0 Å². The Balaban J connectivity index is 1.66. The average Bonchev–Trinajstić information content (AvgIpc) is 2.76. The highest BCUT2D eigenvalue weighted by Gasteiger charge is 2.31. The first kappa shape index (κ1) is 27.2. The van der Waals surface area contributed by atoms with Crippen molar-refractivity contribution in [2.24, 2.45) is 5.92 Å². The fraction of sp³-hybridized carbons (Fsp3) is 0.556. The minimum absolute atomic E-state index is 0.143. The Morgan fingerprint density at radius 1 is 1.03 bits per heavy atom. The standard InChI is InChI=1S/C27H38N4O5/c1-26(2,3)35-24(33)30-22(15-18-11-13-31(14-12-18)25(34)36-27(4,5)6)23(32)29-20-16-19-9-7-8-10-21(19)28-17-20/h7-10,16-18,22H,11-15H2,1-6H3,(H,29,32)(H,30,33). The third-order valence-corrected chi connectivity index (χ3v) is 5.70. The molecule has 0 spiro atoms. The molecule has 1 aliphatic heterocycles. The normalized spacial score (nSPS) is 15.8. The smallest absolute Gasteiger partial charge is 0.410 e. The summed E-state index contributed by atoms with van der Waals surface area (Å²) in [5.74, 6) is -0.198. The number of ether oxygens (including phenoxy) is 2. The SMILES string of the molecule is CC(C)(C)OC(=O)NC(CC1CCN(C(=O)OC(C)(C)C)CC1)C(=O)Nc1cnc2ccccc2c1. The van der Waals surface area contributed by atoms with Gasteiger partial charge in [0, 0.05) is 18.5 Å². The largest absolute Gasteiger partial charge is 0.444 e. The average molecular weight is 499 g/mol. The van der Waals surface area contributed by atoms with Gasteiger partial charge in [-0.15, -0.1) is 0 Å². The van der Waals surface area contributed by atoms with E-state index >= 15 is 0 Å². The van der Waals surface area contributed by atoms with E-state index in [0.717, 1.165) is 10.9 Å². The van der Waals surface area contributed by atoms with Gasteiger partial charge in [-0.05, 0) is 78.9 Å². The van der Waals surface area contributed by atoms with E-state index in [-0.39, 0.29) is 17.9 Å². The van der Waals surface area contributed by atoms with Crippen LogP contribution in [-0.2, 0) is 14.3 Å². The van der Waals surface area contributed by atoms with Crippen molar-refractivity contribution in [1.82, 2.24) is 15.2 Å². The molecule has 1 unspecified atom stereocenters. The number of pyridine rings is 1. The van der Waals surface area contributed by atoms with Crippen LogP contribution in [0.3, 0.4) is 0 Å². The van der Waals surface area contributed by atoms with E-state index < -0.39 is 23.3 Å². The van der Waals surface area contributed by atoms with Crippen LogP contribution in [0, 0.1) is 5.92 Å². The van der Waals surface area contributed by atoms with Crippen LogP contribution in [0.4, 0.5) is 15.3 Å². The molecule has 1 fully saturated rings. The molecule has 2 aromatic rings. The van der Waals surface area contributed by atoms with E-state index in [1.54, 1.807) is 31.9 Å². The van der Waals surface area contributed by atoms with Crippen molar-refractivity contribution in [3.63, 3.8) is 0 Å². The second-order valence-corrected chi connectivity index (χ2v) is 11.3. The predicted octanol–water partition coefficient (Wildman–Crippen LogP) is 5.10. The van der Waals surface area contributed by atoms with Gasteiger partial charge in [-0.25, -0.2) is 9.59 Å². The summed E-state index contributed by atoms with van der Waals surface area (Å²) in [6.45, 7) is 11.9. The van der Waals surface area contributed by atoms with Gasteiger partial charge in [0.1, 0.15) is 17.2 Å². The Hall–Kier alpha value is -3.36.